The van der Waals surface area contributed by atoms with Crippen molar-refractivity contribution in [3.8, 4) is 0 Å². The number of hydrogen-bond acceptors (Lipinski definition) is 3. The predicted octanol–water partition coefficient (Wildman–Crippen LogP) is 1.16. The second kappa shape index (κ2) is 5.55. The van der Waals surface area contributed by atoms with Gasteiger partial charge in [0.05, 0.1) is 12.3 Å². The molecule has 2 aromatic rings. The van der Waals surface area contributed by atoms with Crippen LogP contribution in [0.1, 0.15) is 16.8 Å². The fraction of sp³-hybridized carbons (Fsp3) is 0.400. The zero-order valence-corrected chi connectivity index (χ0v) is 11.5. The molecule has 1 heterocycles. The summed E-state index contributed by atoms with van der Waals surface area (Å²) in [4.78, 5) is 0. The van der Waals surface area contributed by atoms with Crippen LogP contribution in [0.3, 0.4) is 0 Å². The van der Waals surface area contributed by atoms with Crippen molar-refractivity contribution < 1.29 is 5.11 Å². The van der Waals surface area contributed by atoms with Crippen molar-refractivity contribution in [1.29, 1.82) is 0 Å². The van der Waals surface area contributed by atoms with Crippen molar-refractivity contribution in [3.05, 3.63) is 53.3 Å². The molecule has 2 rings (SSSR count). The molecule has 0 aliphatic rings. The lowest BCUT2D eigenvalue weighted by Crippen LogP contribution is -2.41. The molecule has 0 spiro atoms. The van der Waals surface area contributed by atoms with Crippen molar-refractivity contribution >= 4 is 0 Å². The van der Waals surface area contributed by atoms with Gasteiger partial charge in [-0.2, -0.15) is 5.10 Å². The van der Waals surface area contributed by atoms with Crippen LogP contribution < -0.4 is 5.73 Å². The van der Waals surface area contributed by atoms with Gasteiger partial charge in [-0.1, -0.05) is 24.3 Å². The van der Waals surface area contributed by atoms with E-state index in [0.717, 1.165) is 16.8 Å². The van der Waals surface area contributed by atoms with Crippen LogP contribution in [-0.2, 0) is 18.9 Å². The highest BCUT2D eigenvalue weighted by Gasteiger charge is 2.32. The lowest BCUT2D eigenvalue weighted by Gasteiger charge is -2.32. The summed E-state index contributed by atoms with van der Waals surface area (Å²) in [5, 5.41) is 14.3. The maximum absolute atomic E-state index is 9.91. The first kappa shape index (κ1) is 13.8. The lowest BCUT2D eigenvalue weighted by atomic mass is 9.75. The fourth-order valence-corrected chi connectivity index (χ4v) is 2.56. The molecule has 102 valence electrons. The van der Waals surface area contributed by atoms with Gasteiger partial charge in [0.1, 0.15) is 0 Å². The van der Waals surface area contributed by atoms with E-state index in [1.54, 1.807) is 4.68 Å². The molecule has 0 saturated heterocycles. The van der Waals surface area contributed by atoms with Crippen LogP contribution in [0.15, 0.2) is 36.5 Å². The average molecular weight is 259 g/mol. The summed E-state index contributed by atoms with van der Waals surface area (Å²) in [5.41, 5.74) is 8.72. The molecule has 1 unspecified atom stereocenters. The zero-order valence-electron chi connectivity index (χ0n) is 11.5. The third-order valence-corrected chi connectivity index (χ3v) is 3.70. The van der Waals surface area contributed by atoms with E-state index in [4.69, 9.17) is 5.73 Å². The van der Waals surface area contributed by atoms with Gasteiger partial charge in [0.15, 0.2) is 0 Å². The summed E-state index contributed by atoms with van der Waals surface area (Å²) in [6, 6.07) is 10.0. The first-order valence-corrected chi connectivity index (χ1v) is 6.47. The molecule has 0 amide bonds. The van der Waals surface area contributed by atoms with E-state index in [1.165, 1.54) is 0 Å². The van der Waals surface area contributed by atoms with Crippen LogP contribution in [-0.4, -0.2) is 28.0 Å². The number of aliphatic hydroxyl groups is 1. The van der Waals surface area contributed by atoms with Gasteiger partial charge in [-0.25, -0.2) is 0 Å². The minimum atomic E-state index is -0.459. The topological polar surface area (TPSA) is 64.1 Å². The highest BCUT2D eigenvalue weighted by molar-refractivity contribution is 5.35. The summed E-state index contributed by atoms with van der Waals surface area (Å²) in [6.07, 6.45) is 2.55. The lowest BCUT2D eigenvalue weighted by molar-refractivity contribution is 0.194. The van der Waals surface area contributed by atoms with Gasteiger partial charge < -0.3 is 10.8 Å². The maximum Gasteiger partial charge on any atom is 0.0634 e. The Morgan fingerprint density at radius 2 is 2.05 bits per heavy atom. The van der Waals surface area contributed by atoms with Crippen molar-refractivity contribution in [2.75, 3.05) is 13.2 Å². The standard InChI is InChI=1S/C15H21N3O/c1-12-5-3-4-6-14(12)15(10-16,11-19)9-13-7-8-18(2)17-13/h3-8,19H,9-11,16H2,1-2H3. The zero-order chi connectivity index (χ0) is 13.9. The number of aromatic nitrogens is 2. The van der Waals surface area contributed by atoms with E-state index < -0.39 is 5.41 Å². The van der Waals surface area contributed by atoms with E-state index in [1.807, 2.05) is 50.5 Å². The highest BCUT2D eigenvalue weighted by Crippen LogP contribution is 2.29. The predicted molar refractivity (Wildman–Crippen MR) is 75.9 cm³/mol. The Morgan fingerprint density at radius 3 is 2.58 bits per heavy atom. The molecule has 0 bridgehead atoms. The number of benzene rings is 1. The van der Waals surface area contributed by atoms with E-state index >= 15 is 0 Å². The second-order valence-corrected chi connectivity index (χ2v) is 5.12. The third kappa shape index (κ3) is 2.69. The molecule has 0 saturated carbocycles. The van der Waals surface area contributed by atoms with Gasteiger partial charge in [0, 0.05) is 31.6 Å². The summed E-state index contributed by atoms with van der Waals surface area (Å²) in [6.45, 7) is 2.46. The Kier molecular flexibility index (Phi) is 4.02. The minimum Gasteiger partial charge on any atom is -0.395 e. The van der Waals surface area contributed by atoms with Gasteiger partial charge in [0.25, 0.3) is 0 Å². The minimum absolute atomic E-state index is 0.0188. The quantitative estimate of drug-likeness (QED) is 0.847. The first-order chi connectivity index (χ1) is 9.11. The number of aliphatic hydroxyl groups excluding tert-OH is 1. The summed E-state index contributed by atoms with van der Waals surface area (Å²) in [5.74, 6) is 0. The first-order valence-electron chi connectivity index (χ1n) is 6.47. The number of nitrogens with zero attached hydrogens (tertiary/aromatic N) is 2. The Labute approximate surface area is 113 Å². The monoisotopic (exact) mass is 259 g/mol. The molecule has 0 aliphatic carbocycles. The number of rotatable bonds is 5. The normalized spacial score (nSPS) is 14.3. The Morgan fingerprint density at radius 1 is 1.32 bits per heavy atom. The van der Waals surface area contributed by atoms with Crippen LogP contribution in [0, 0.1) is 6.92 Å². The number of nitrogens with two attached hydrogens (primary N) is 1. The molecule has 4 nitrogen and oxygen atoms in total. The van der Waals surface area contributed by atoms with Crippen molar-refractivity contribution in [2.24, 2.45) is 12.8 Å². The Hall–Kier alpha value is -1.65. The van der Waals surface area contributed by atoms with Crippen molar-refractivity contribution in [3.63, 3.8) is 0 Å². The van der Waals surface area contributed by atoms with Gasteiger partial charge in [-0.3, -0.25) is 4.68 Å². The summed E-state index contributed by atoms with van der Waals surface area (Å²) < 4.78 is 1.77. The number of hydrogen-bond donors (Lipinski definition) is 2. The van der Waals surface area contributed by atoms with Gasteiger partial charge in [0.2, 0.25) is 0 Å². The summed E-state index contributed by atoms with van der Waals surface area (Å²) in [7, 11) is 1.89. The smallest absolute Gasteiger partial charge is 0.0634 e. The van der Waals surface area contributed by atoms with E-state index in [0.29, 0.717) is 13.0 Å². The molecular formula is C15H21N3O. The molecule has 4 heteroatoms. The van der Waals surface area contributed by atoms with E-state index in [-0.39, 0.29) is 6.61 Å². The molecule has 0 aliphatic heterocycles. The van der Waals surface area contributed by atoms with Crippen LogP contribution in [0.2, 0.25) is 0 Å². The van der Waals surface area contributed by atoms with E-state index in [2.05, 4.69) is 5.10 Å². The van der Waals surface area contributed by atoms with Crippen molar-refractivity contribution in [2.45, 2.75) is 18.8 Å². The Balaban J connectivity index is 2.40. The molecule has 1 aromatic carbocycles. The third-order valence-electron chi connectivity index (χ3n) is 3.70. The van der Waals surface area contributed by atoms with E-state index in [9.17, 15) is 5.11 Å². The highest BCUT2D eigenvalue weighted by atomic mass is 16.3. The van der Waals surface area contributed by atoms with Crippen LogP contribution in [0.5, 0.6) is 0 Å². The maximum atomic E-state index is 9.91. The summed E-state index contributed by atoms with van der Waals surface area (Å²) >= 11 is 0. The van der Waals surface area contributed by atoms with Gasteiger partial charge in [-0.15, -0.1) is 0 Å². The molecular weight excluding hydrogens is 238 g/mol. The van der Waals surface area contributed by atoms with Gasteiger partial charge in [-0.05, 0) is 24.1 Å². The molecule has 1 aromatic heterocycles. The molecule has 3 N–H and O–H groups in total. The Bertz CT molecular complexity index is 544. The fourth-order valence-electron chi connectivity index (χ4n) is 2.56. The molecule has 1 atom stereocenters. The average Bonchev–Trinajstić information content (AvgIpc) is 2.82. The number of aryl methyl sites for hydroxylation is 2. The second-order valence-electron chi connectivity index (χ2n) is 5.12. The molecule has 0 radical (unpaired) electrons. The molecule has 0 fully saturated rings. The SMILES string of the molecule is Cc1ccccc1C(CN)(CO)Cc1ccn(C)n1. The largest absolute Gasteiger partial charge is 0.395 e. The van der Waals surface area contributed by atoms with Crippen LogP contribution in [0.25, 0.3) is 0 Å². The molecule has 19 heavy (non-hydrogen) atoms. The van der Waals surface area contributed by atoms with Crippen LogP contribution >= 0.6 is 0 Å². The van der Waals surface area contributed by atoms with Crippen LogP contribution in [0.4, 0.5) is 0 Å². The van der Waals surface area contributed by atoms with Gasteiger partial charge >= 0.3 is 0 Å². The van der Waals surface area contributed by atoms with Crippen molar-refractivity contribution in [1.82, 2.24) is 9.78 Å².